The second-order valence-electron chi connectivity index (χ2n) is 5.05. The van der Waals surface area contributed by atoms with Gasteiger partial charge >= 0.3 is 0 Å². The summed E-state index contributed by atoms with van der Waals surface area (Å²) in [5.74, 6) is 0.441. The van der Waals surface area contributed by atoms with Crippen LogP contribution >= 0.6 is 0 Å². The third-order valence-electron chi connectivity index (χ3n) is 3.00. The van der Waals surface area contributed by atoms with Gasteiger partial charge in [-0.15, -0.1) is 0 Å². The molecule has 1 heterocycles. The number of carbonyl (C=O) groups is 1. The van der Waals surface area contributed by atoms with Crippen molar-refractivity contribution in [2.75, 3.05) is 13.2 Å². The molecule has 2 aromatic rings. The van der Waals surface area contributed by atoms with Gasteiger partial charge in [-0.1, -0.05) is 6.07 Å². The van der Waals surface area contributed by atoms with Gasteiger partial charge in [0, 0.05) is 18.8 Å². The molecule has 1 amide bonds. The smallest absolute Gasteiger partial charge is 0.266 e. The number of nitrogens with zero attached hydrogens (tertiary/aromatic N) is 2. The van der Waals surface area contributed by atoms with Crippen molar-refractivity contribution in [3.63, 3.8) is 0 Å². The van der Waals surface area contributed by atoms with Gasteiger partial charge in [0.1, 0.15) is 5.75 Å². The minimum Gasteiger partial charge on any atom is -0.484 e. The van der Waals surface area contributed by atoms with Gasteiger partial charge in [0.15, 0.2) is 6.61 Å². The molecule has 0 saturated heterocycles. The van der Waals surface area contributed by atoms with Crippen LogP contribution in [0.15, 0.2) is 41.3 Å². The number of carbonyl (C=O) groups excluding carboxylic acids is 1. The van der Waals surface area contributed by atoms with Crippen LogP contribution in [0.2, 0.25) is 0 Å². The highest BCUT2D eigenvalue weighted by molar-refractivity contribution is 5.77. The van der Waals surface area contributed by atoms with Crippen LogP contribution in [0.1, 0.15) is 11.1 Å². The summed E-state index contributed by atoms with van der Waals surface area (Å²) in [5, 5.41) is 6.60. The molecule has 1 aromatic heterocycles. The minimum atomic E-state index is -0.233. The predicted molar refractivity (Wildman–Crippen MR) is 82.9 cm³/mol. The Balaban J connectivity index is 1.76. The molecule has 0 fully saturated rings. The van der Waals surface area contributed by atoms with E-state index in [1.54, 1.807) is 6.07 Å². The molecular formula is C16H19N3O3. The third kappa shape index (κ3) is 4.73. The summed E-state index contributed by atoms with van der Waals surface area (Å²) in [6.45, 7) is 4.55. The fourth-order valence-corrected chi connectivity index (χ4v) is 2.07. The molecule has 1 N–H and O–H groups in total. The van der Waals surface area contributed by atoms with Crippen molar-refractivity contribution in [2.24, 2.45) is 0 Å². The maximum Gasteiger partial charge on any atom is 0.266 e. The van der Waals surface area contributed by atoms with E-state index in [-0.39, 0.29) is 18.1 Å². The molecule has 0 spiro atoms. The Kier molecular flexibility index (Phi) is 5.30. The Labute approximate surface area is 128 Å². The number of aromatic nitrogens is 2. The molecule has 0 unspecified atom stereocenters. The molecule has 6 heteroatoms. The summed E-state index contributed by atoms with van der Waals surface area (Å²) in [7, 11) is 0. The normalized spacial score (nSPS) is 10.3. The van der Waals surface area contributed by atoms with E-state index in [9.17, 15) is 9.59 Å². The first-order valence-corrected chi connectivity index (χ1v) is 7.04. The highest BCUT2D eigenvalue weighted by atomic mass is 16.5. The lowest BCUT2D eigenvalue weighted by atomic mass is 10.1. The lowest BCUT2D eigenvalue weighted by Gasteiger charge is -2.09. The average Bonchev–Trinajstić information content (AvgIpc) is 2.46. The third-order valence-corrected chi connectivity index (χ3v) is 3.00. The summed E-state index contributed by atoms with van der Waals surface area (Å²) < 4.78 is 6.76. The number of amides is 1. The first-order chi connectivity index (χ1) is 10.5. The molecule has 1 aromatic carbocycles. The number of nitrogens with one attached hydrogen (secondary N) is 1. The standard InChI is InChI=1S/C16H19N3O3/c1-12-8-13(2)10-14(9-12)22-11-15(20)17-6-7-19-16(21)4-3-5-18-19/h3-5,8-10H,6-7,11H2,1-2H3,(H,17,20). The van der Waals surface area contributed by atoms with Crippen LogP contribution in [-0.4, -0.2) is 28.8 Å². The number of hydrogen-bond acceptors (Lipinski definition) is 4. The monoisotopic (exact) mass is 301 g/mol. The molecular weight excluding hydrogens is 282 g/mol. The van der Waals surface area contributed by atoms with Crippen LogP contribution in [0.4, 0.5) is 0 Å². The summed E-state index contributed by atoms with van der Waals surface area (Å²) in [6, 6.07) is 8.81. The summed E-state index contributed by atoms with van der Waals surface area (Å²) in [4.78, 5) is 23.1. The zero-order chi connectivity index (χ0) is 15.9. The first-order valence-electron chi connectivity index (χ1n) is 7.04. The summed E-state index contributed by atoms with van der Waals surface area (Å²) in [6.07, 6.45) is 1.53. The van der Waals surface area contributed by atoms with Gasteiger partial charge in [-0.05, 0) is 43.2 Å². The second kappa shape index (κ2) is 7.40. The van der Waals surface area contributed by atoms with E-state index in [2.05, 4.69) is 10.4 Å². The Bertz CT molecular complexity index is 690. The van der Waals surface area contributed by atoms with Crippen LogP contribution in [0, 0.1) is 13.8 Å². The maximum atomic E-state index is 11.7. The highest BCUT2D eigenvalue weighted by Crippen LogP contribution is 2.15. The summed E-state index contributed by atoms with van der Waals surface area (Å²) in [5.41, 5.74) is 1.98. The molecule has 116 valence electrons. The average molecular weight is 301 g/mol. The van der Waals surface area contributed by atoms with E-state index < -0.39 is 0 Å². The summed E-state index contributed by atoms with van der Waals surface area (Å²) >= 11 is 0. The number of hydrogen-bond donors (Lipinski definition) is 1. The van der Waals surface area contributed by atoms with Crippen LogP contribution < -0.4 is 15.6 Å². The fraction of sp³-hybridized carbons (Fsp3) is 0.312. The first kappa shape index (κ1) is 15.8. The largest absolute Gasteiger partial charge is 0.484 e. The van der Waals surface area contributed by atoms with Gasteiger partial charge in [0.2, 0.25) is 0 Å². The van der Waals surface area contributed by atoms with Crippen molar-refractivity contribution < 1.29 is 9.53 Å². The van der Waals surface area contributed by atoms with Gasteiger partial charge < -0.3 is 10.1 Å². The molecule has 0 atom stereocenters. The lowest BCUT2D eigenvalue weighted by Crippen LogP contribution is -2.34. The van der Waals surface area contributed by atoms with Gasteiger partial charge in [0.05, 0.1) is 6.54 Å². The highest BCUT2D eigenvalue weighted by Gasteiger charge is 2.04. The number of benzene rings is 1. The molecule has 0 radical (unpaired) electrons. The molecule has 0 aliphatic heterocycles. The number of aryl methyl sites for hydroxylation is 2. The lowest BCUT2D eigenvalue weighted by molar-refractivity contribution is -0.123. The van der Waals surface area contributed by atoms with E-state index in [0.29, 0.717) is 18.8 Å². The molecule has 0 aliphatic carbocycles. The topological polar surface area (TPSA) is 73.2 Å². The van der Waals surface area contributed by atoms with E-state index in [0.717, 1.165) is 11.1 Å². The van der Waals surface area contributed by atoms with Crippen molar-refractivity contribution >= 4 is 5.91 Å². The van der Waals surface area contributed by atoms with Crippen molar-refractivity contribution in [2.45, 2.75) is 20.4 Å². The van der Waals surface area contributed by atoms with E-state index in [1.807, 2.05) is 32.0 Å². The zero-order valence-electron chi connectivity index (χ0n) is 12.7. The Hall–Kier alpha value is -2.63. The number of rotatable bonds is 6. The Morgan fingerprint density at radius 1 is 1.27 bits per heavy atom. The molecule has 22 heavy (non-hydrogen) atoms. The van der Waals surface area contributed by atoms with Crippen molar-refractivity contribution in [3.8, 4) is 5.75 Å². The van der Waals surface area contributed by atoms with E-state index in [1.165, 1.54) is 16.9 Å². The second-order valence-corrected chi connectivity index (χ2v) is 5.05. The van der Waals surface area contributed by atoms with Crippen molar-refractivity contribution in [3.05, 3.63) is 58.0 Å². The Morgan fingerprint density at radius 2 is 2.00 bits per heavy atom. The Morgan fingerprint density at radius 3 is 2.68 bits per heavy atom. The van der Waals surface area contributed by atoms with Gasteiger partial charge in [-0.3, -0.25) is 9.59 Å². The van der Waals surface area contributed by atoms with Gasteiger partial charge in [-0.2, -0.15) is 5.10 Å². The van der Waals surface area contributed by atoms with Crippen molar-refractivity contribution in [1.29, 1.82) is 0 Å². The molecule has 2 rings (SSSR count). The van der Waals surface area contributed by atoms with Crippen LogP contribution in [0.5, 0.6) is 5.75 Å². The van der Waals surface area contributed by atoms with Crippen LogP contribution in [0.25, 0.3) is 0 Å². The van der Waals surface area contributed by atoms with E-state index >= 15 is 0 Å². The van der Waals surface area contributed by atoms with Crippen LogP contribution in [0.3, 0.4) is 0 Å². The molecule has 0 saturated carbocycles. The van der Waals surface area contributed by atoms with Crippen molar-refractivity contribution in [1.82, 2.24) is 15.1 Å². The van der Waals surface area contributed by atoms with Crippen LogP contribution in [-0.2, 0) is 11.3 Å². The molecule has 0 aliphatic rings. The SMILES string of the molecule is Cc1cc(C)cc(OCC(=O)NCCn2ncccc2=O)c1. The fourth-order valence-electron chi connectivity index (χ4n) is 2.07. The maximum absolute atomic E-state index is 11.7. The predicted octanol–water partition coefficient (Wildman–Crippen LogP) is 1.06. The quantitative estimate of drug-likeness (QED) is 0.865. The minimum absolute atomic E-state index is 0.0555. The van der Waals surface area contributed by atoms with Gasteiger partial charge in [-0.25, -0.2) is 4.68 Å². The zero-order valence-corrected chi connectivity index (χ0v) is 12.7. The van der Waals surface area contributed by atoms with E-state index in [4.69, 9.17) is 4.74 Å². The number of ether oxygens (including phenoxy) is 1. The molecule has 6 nitrogen and oxygen atoms in total. The van der Waals surface area contributed by atoms with Gasteiger partial charge in [0.25, 0.3) is 11.5 Å². The molecule has 0 bridgehead atoms.